The van der Waals surface area contributed by atoms with E-state index in [1.807, 2.05) is 24.3 Å². The smallest absolute Gasteiger partial charge is 0.326 e. The molecule has 0 unspecified atom stereocenters. The van der Waals surface area contributed by atoms with Gasteiger partial charge in [-0.3, -0.25) is 9.78 Å². The van der Waals surface area contributed by atoms with Crippen molar-refractivity contribution >= 4 is 18.1 Å². The minimum Gasteiger partial charge on any atom is -0.369 e. The molecule has 0 amide bonds. The van der Waals surface area contributed by atoms with Gasteiger partial charge in [-0.15, -0.1) is 12.4 Å². The number of anilines is 1. The van der Waals surface area contributed by atoms with Crippen molar-refractivity contribution in [3.8, 4) is 11.3 Å². The Morgan fingerprint density at radius 2 is 1.62 bits per heavy atom. The number of aromatic amines is 2. The van der Waals surface area contributed by atoms with Gasteiger partial charge < -0.3 is 15.2 Å². The fourth-order valence-electron chi connectivity index (χ4n) is 2.40. The van der Waals surface area contributed by atoms with Crippen LogP contribution in [0.2, 0.25) is 0 Å². The molecule has 1 aliphatic rings. The first-order chi connectivity index (χ1) is 9.72. The molecule has 1 saturated heterocycles. The predicted octanol–water partition coefficient (Wildman–Crippen LogP) is 0.562. The van der Waals surface area contributed by atoms with Gasteiger partial charge in [0.05, 0.1) is 5.69 Å². The molecule has 3 N–H and O–H groups in total. The van der Waals surface area contributed by atoms with Gasteiger partial charge in [0, 0.05) is 37.9 Å². The lowest BCUT2D eigenvalue weighted by Gasteiger charge is -2.29. The summed E-state index contributed by atoms with van der Waals surface area (Å²) in [4.78, 5) is 29.7. The van der Waals surface area contributed by atoms with Crippen molar-refractivity contribution < 1.29 is 0 Å². The summed E-state index contributed by atoms with van der Waals surface area (Å²) in [7, 11) is 0. The van der Waals surface area contributed by atoms with Crippen LogP contribution in [-0.4, -0.2) is 36.1 Å². The van der Waals surface area contributed by atoms with Crippen LogP contribution in [0, 0.1) is 0 Å². The summed E-state index contributed by atoms with van der Waals surface area (Å²) in [6.07, 6.45) is 0. The van der Waals surface area contributed by atoms with E-state index < -0.39 is 11.2 Å². The molecule has 0 radical (unpaired) electrons. The monoisotopic (exact) mass is 308 g/mol. The molecule has 0 atom stereocenters. The van der Waals surface area contributed by atoms with Crippen molar-refractivity contribution in [2.75, 3.05) is 31.1 Å². The summed E-state index contributed by atoms with van der Waals surface area (Å²) in [5, 5.41) is 3.31. The molecule has 7 heteroatoms. The number of nitrogens with zero attached hydrogens (tertiary/aromatic N) is 1. The van der Waals surface area contributed by atoms with Crippen LogP contribution in [0.3, 0.4) is 0 Å². The SMILES string of the molecule is Cl.O=c1cc(-c2ccc(N3CCNCC3)cc2)[nH]c(=O)[nH]1. The van der Waals surface area contributed by atoms with E-state index in [0.29, 0.717) is 5.69 Å². The Hall–Kier alpha value is -2.05. The Kier molecular flexibility index (Phi) is 4.82. The van der Waals surface area contributed by atoms with Gasteiger partial charge in [0.2, 0.25) is 0 Å². The Morgan fingerprint density at radius 3 is 2.24 bits per heavy atom. The highest BCUT2D eigenvalue weighted by Crippen LogP contribution is 2.20. The van der Waals surface area contributed by atoms with Crippen LogP contribution < -0.4 is 21.5 Å². The lowest BCUT2D eigenvalue weighted by molar-refractivity contribution is 0.589. The Morgan fingerprint density at radius 1 is 0.952 bits per heavy atom. The third-order valence-electron chi connectivity index (χ3n) is 3.42. The van der Waals surface area contributed by atoms with E-state index in [-0.39, 0.29) is 12.4 Å². The summed E-state index contributed by atoms with van der Waals surface area (Å²) >= 11 is 0. The average molecular weight is 309 g/mol. The summed E-state index contributed by atoms with van der Waals surface area (Å²) < 4.78 is 0. The molecule has 1 aliphatic heterocycles. The van der Waals surface area contributed by atoms with Gasteiger partial charge in [-0.1, -0.05) is 12.1 Å². The van der Waals surface area contributed by atoms with Crippen LogP contribution in [0.5, 0.6) is 0 Å². The molecule has 6 nitrogen and oxygen atoms in total. The highest BCUT2D eigenvalue weighted by Gasteiger charge is 2.10. The second kappa shape index (κ2) is 6.60. The molecule has 1 aromatic heterocycles. The third-order valence-corrected chi connectivity index (χ3v) is 3.42. The minimum absolute atomic E-state index is 0. The zero-order valence-electron chi connectivity index (χ0n) is 11.4. The molecule has 0 bridgehead atoms. The number of hydrogen-bond acceptors (Lipinski definition) is 4. The molecule has 0 spiro atoms. The van der Waals surface area contributed by atoms with Crippen molar-refractivity contribution in [1.29, 1.82) is 0 Å². The van der Waals surface area contributed by atoms with Gasteiger partial charge in [-0.2, -0.15) is 0 Å². The molecule has 1 aromatic carbocycles. The van der Waals surface area contributed by atoms with E-state index in [1.165, 1.54) is 6.07 Å². The summed E-state index contributed by atoms with van der Waals surface area (Å²) in [5.41, 5.74) is 1.63. The van der Waals surface area contributed by atoms with Crippen LogP contribution in [0.4, 0.5) is 5.69 Å². The van der Waals surface area contributed by atoms with Crippen LogP contribution in [-0.2, 0) is 0 Å². The molecule has 0 aliphatic carbocycles. The first kappa shape index (κ1) is 15.3. The van der Waals surface area contributed by atoms with Crippen LogP contribution in [0.25, 0.3) is 11.3 Å². The zero-order chi connectivity index (χ0) is 13.9. The van der Waals surface area contributed by atoms with E-state index >= 15 is 0 Å². The number of rotatable bonds is 2. The Balaban J connectivity index is 0.00000161. The number of aromatic nitrogens is 2. The second-order valence-electron chi connectivity index (χ2n) is 4.79. The third kappa shape index (κ3) is 3.53. The van der Waals surface area contributed by atoms with Crippen molar-refractivity contribution in [1.82, 2.24) is 15.3 Å². The van der Waals surface area contributed by atoms with Crippen LogP contribution >= 0.6 is 12.4 Å². The van der Waals surface area contributed by atoms with Gasteiger partial charge in [0.15, 0.2) is 0 Å². The highest BCUT2D eigenvalue weighted by molar-refractivity contribution is 5.85. The molecule has 1 fully saturated rings. The van der Waals surface area contributed by atoms with Crippen molar-refractivity contribution in [2.24, 2.45) is 0 Å². The summed E-state index contributed by atoms with van der Waals surface area (Å²) in [6, 6.07) is 9.26. The molecular weight excluding hydrogens is 292 g/mol. The van der Waals surface area contributed by atoms with E-state index in [9.17, 15) is 9.59 Å². The zero-order valence-corrected chi connectivity index (χ0v) is 12.2. The second-order valence-corrected chi connectivity index (χ2v) is 4.79. The van der Waals surface area contributed by atoms with E-state index in [1.54, 1.807) is 0 Å². The van der Waals surface area contributed by atoms with Crippen molar-refractivity contribution in [3.63, 3.8) is 0 Å². The normalized spacial score (nSPS) is 14.6. The molecule has 112 valence electrons. The molecule has 3 rings (SSSR count). The maximum Gasteiger partial charge on any atom is 0.326 e. The number of H-pyrrole nitrogens is 2. The van der Waals surface area contributed by atoms with Gasteiger partial charge in [0.1, 0.15) is 0 Å². The van der Waals surface area contributed by atoms with E-state index in [4.69, 9.17) is 0 Å². The molecule has 2 heterocycles. The maximum absolute atomic E-state index is 11.3. The van der Waals surface area contributed by atoms with Crippen molar-refractivity contribution in [2.45, 2.75) is 0 Å². The largest absolute Gasteiger partial charge is 0.369 e. The van der Waals surface area contributed by atoms with Crippen molar-refractivity contribution in [3.05, 3.63) is 51.2 Å². The quantitative estimate of drug-likeness (QED) is 0.757. The first-order valence-corrected chi connectivity index (χ1v) is 6.62. The number of benzene rings is 1. The standard InChI is InChI=1S/C14H16N4O2.ClH/c19-13-9-12(16-14(20)17-13)10-1-3-11(4-2-10)18-7-5-15-6-8-18;/h1-4,9,15H,5-8H2,(H2,16,17,19,20);1H. The highest BCUT2D eigenvalue weighted by atomic mass is 35.5. The summed E-state index contributed by atoms with van der Waals surface area (Å²) in [5.74, 6) is 0. The number of halogens is 1. The predicted molar refractivity (Wildman–Crippen MR) is 85.5 cm³/mol. The Bertz CT molecular complexity index is 674. The molecule has 2 aromatic rings. The number of nitrogens with one attached hydrogen (secondary N) is 3. The summed E-state index contributed by atoms with van der Waals surface area (Å²) in [6.45, 7) is 3.95. The topological polar surface area (TPSA) is 81.0 Å². The average Bonchev–Trinajstić information content (AvgIpc) is 2.47. The molecular formula is C14H17ClN4O2. The lowest BCUT2D eigenvalue weighted by atomic mass is 10.1. The maximum atomic E-state index is 11.3. The number of piperazine rings is 1. The fraction of sp³-hybridized carbons (Fsp3) is 0.286. The first-order valence-electron chi connectivity index (χ1n) is 6.62. The Labute approximate surface area is 127 Å². The minimum atomic E-state index is -0.487. The van der Waals surface area contributed by atoms with Gasteiger partial charge in [-0.25, -0.2) is 4.79 Å². The van der Waals surface area contributed by atoms with E-state index in [0.717, 1.165) is 37.4 Å². The van der Waals surface area contributed by atoms with Gasteiger partial charge in [0.25, 0.3) is 5.56 Å². The van der Waals surface area contributed by atoms with Crippen LogP contribution in [0.15, 0.2) is 39.9 Å². The van der Waals surface area contributed by atoms with Gasteiger partial charge >= 0.3 is 5.69 Å². The lowest BCUT2D eigenvalue weighted by Crippen LogP contribution is -2.43. The molecule has 0 saturated carbocycles. The van der Waals surface area contributed by atoms with Crippen LogP contribution in [0.1, 0.15) is 0 Å². The van der Waals surface area contributed by atoms with Gasteiger partial charge in [-0.05, 0) is 17.7 Å². The molecule has 21 heavy (non-hydrogen) atoms. The van der Waals surface area contributed by atoms with E-state index in [2.05, 4.69) is 20.2 Å². The fourth-order valence-corrected chi connectivity index (χ4v) is 2.40. The number of hydrogen-bond donors (Lipinski definition) is 3.